The Balaban J connectivity index is 1.54. The Labute approximate surface area is 174 Å². The van der Waals surface area contributed by atoms with Crippen LogP contribution in [0, 0.1) is 0 Å². The van der Waals surface area contributed by atoms with Crippen molar-refractivity contribution in [2.45, 2.75) is 12.6 Å². The molecule has 2 aromatic rings. The molecule has 0 aromatic heterocycles. The van der Waals surface area contributed by atoms with E-state index < -0.39 is 11.7 Å². The number of anilines is 2. The highest BCUT2D eigenvalue weighted by Crippen LogP contribution is 2.33. The molecule has 0 unspecified atom stereocenters. The Kier molecular flexibility index (Phi) is 5.56. The Morgan fingerprint density at radius 3 is 2.23 bits per heavy atom. The minimum atomic E-state index is -4.38. The molecule has 0 N–H and O–H groups in total. The number of hydrogen-bond donors (Lipinski definition) is 0. The molecule has 158 valence electrons. The van der Waals surface area contributed by atoms with E-state index in [1.54, 1.807) is 4.90 Å². The number of benzene rings is 2. The molecule has 0 radical (unpaired) electrons. The van der Waals surface area contributed by atoms with Gasteiger partial charge in [0.05, 0.1) is 5.56 Å². The first kappa shape index (κ1) is 20.5. The van der Waals surface area contributed by atoms with Crippen LogP contribution in [0.15, 0.2) is 54.1 Å². The zero-order valence-electron chi connectivity index (χ0n) is 16.8. The number of nitrogens with zero attached hydrogens (tertiary/aromatic N) is 3. The second kappa shape index (κ2) is 8.14. The third kappa shape index (κ3) is 4.21. The highest BCUT2D eigenvalue weighted by atomic mass is 19.4. The summed E-state index contributed by atoms with van der Waals surface area (Å²) in [4.78, 5) is 19.1. The molecule has 30 heavy (non-hydrogen) atoms. The Bertz CT molecular complexity index is 945. The summed E-state index contributed by atoms with van der Waals surface area (Å²) in [6.45, 7) is 4.31. The van der Waals surface area contributed by atoms with Crippen molar-refractivity contribution >= 4 is 23.4 Å². The second-order valence-electron chi connectivity index (χ2n) is 7.77. The van der Waals surface area contributed by atoms with E-state index in [0.717, 1.165) is 49.6 Å². The van der Waals surface area contributed by atoms with Crippen molar-refractivity contribution in [1.82, 2.24) is 4.90 Å². The number of halogens is 3. The third-order valence-corrected chi connectivity index (χ3v) is 5.74. The van der Waals surface area contributed by atoms with Crippen LogP contribution in [-0.2, 0) is 11.0 Å². The van der Waals surface area contributed by atoms with E-state index >= 15 is 0 Å². The van der Waals surface area contributed by atoms with E-state index in [0.29, 0.717) is 24.2 Å². The van der Waals surface area contributed by atoms with Gasteiger partial charge in [-0.3, -0.25) is 4.79 Å². The van der Waals surface area contributed by atoms with Crippen LogP contribution in [0.25, 0.3) is 6.08 Å². The van der Waals surface area contributed by atoms with Crippen LogP contribution in [0.4, 0.5) is 24.5 Å². The molecule has 4 nitrogen and oxygen atoms in total. The monoisotopic (exact) mass is 415 g/mol. The van der Waals surface area contributed by atoms with Gasteiger partial charge in [0, 0.05) is 49.7 Å². The van der Waals surface area contributed by atoms with Crippen molar-refractivity contribution < 1.29 is 18.0 Å². The van der Waals surface area contributed by atoms with Gasteiger partial charge in [-0.1, -0.05) is 18.2 Å². The maximum atomic E-state index is 12.9. The smallest absolute Gasteiger partial charge is 0.368 e. The number of likely N-dealkylation sites (N-methyl/N-ethyl adjacent to an activating group) is 1. The molecule has 7 heteroatoms. The average Bonchev–Trinajstić information content (AvgIpc) is 3.09. The fraction of sp³-hybridized carbons (Fsp3) is 0.348. The highest BCUT2D eigenvalue weighted by Gasteiger charge is 2.32. The number of carbonyl (C=O) groups is 1. The molecule has 0 aliphatic carbocycles. The Hall–Kier alpha value is -2.80. The molecule has 2 aromatic carbocycles. The molecule has 2 aliphatic heterocycles. The Morgan fingerprint density at radius 1 is 0.900 bits per heavy atom. The largest absolute Gasteiger partial charge is 0.416 e. The minimum Gasteiger partial charge on any atom is -0.368 e. The zero-order chi connectivity index (χ0) is 21.3. The first-order valence-electron chi connectivity index (χ1n) is 10.0. The van der Waals surface area contributed by atoms with Crippen molar-refractivity contribution in [3.05, 3.63) is 65.2 Å². The summed E-state index contributed by atoms with van der Waals surface area (Å²) >= 11 is 0. The lowest BCUT2D eigenvalue weighted by atomic mass is 10.1. The van der Waals surface area contributed by atoms with Gasteiger partial charge >= 0.3 is 6.18 Å². The third-order valence-electron chi connectivity index (χ3n) is 5.74. The summed E-state index contributed by atoms with van der Waals surface area (Å²) in [5.74, 6) is -0.150. The minimum absolute atomic E-state index is 0.150. The molecular formula is C23H24F3N3O. The van der Waals surface area contributed by atoms with Gasteiger partial charge in [0.25, 0.3) is 5.91 Å². The van der Waals surface area contributed by atoms with Gasteiger partial charge in [-0.2, -0.15) is 13.2 Å². The molecule has 1 amide bonds. The molecule has 2 fully saturated rings. The fourth-order valence-corrected chi connectivity index (χ4v) is 3.96. The predicted octanol–water partition coefficient (Wildman–Crippen LogP) is 4.28. The molecule has 0 saturated carbocycles. The summed E-state index contributed by atoms with van der Waals surface area (Å²) in [6.07, 6.45) is -1.89. The summed E-state index contributed by atoms with van der Waals surface area (Å²) in [7, 11) is 2.11. The predicted molar refractivity (Wildman–Crippen MR) is 113 cm³/mol. The molecular weight excluding hydrogens is 391 g/mol. The average molecular weight is 415 g/mol. The second-order valence-corrected chi connectivity index (χ2v) is 7.77. The Morgan fingerprint density at radius 2 is 1.57 bits per heavy atom. The van der Waals surface area contributed by atoms with Crippen molar-refractivity contribution in [2.24, 2.45) is 0 Å². The summed E-state index contributed by atoms with van der Waals surface area (Å²) < 4.78 is 38.4. The standard InChI is InChI=1S/C23H24F3N3O/c1-27-12-14-28(15-13-27)21-5-3-2-4-17(21)16-18-10-11-29(22(18)30)20-8-6-19(7-9-20)23(24,25)26/h2-9,16H,10-15H2,1H3/b18-16+. The SMILES string of the molecule is CN1CCN(c2ccccc2/C=C2\CCN(c3ccc(C(F)(F)F)cc3)C2=O)CC1. The van der Waals surface area contributed by atoms with E-state index in [4.69, 9.17) is 0 Å². The normalized spacial score (nSPS) is 19.7. The maximum Gasteiger partial charge on any atom is 0.416 e. The molecule has 4 rings (SSSR count). The number of piperazine rings is 1. The number of para-hydroxylation sites is 1. The number of rotatable bonds is 3. The van der Waals surface area contributed by atoms with Crippen LogP contribution >= 0.6 is 0 Å². The zero-order valence-corrected chi connectivity index (χ0v) is 16.8. The number of hydrogen-bond acceptors (Lipinski definition) is 3. The quantitative estimate of drug-likeness (QED) is 0.701. The number of carbonyl (C=O) groups excluding carboxylic acids is 1. The summed E-state index contributed by atoms with van der Waals surface area (Å²) in [5.41, 5.74) is 2.56. The maximum absolute atomic E-state index is 12.9. The van der Waals surface area contributed by atoms with E-state index in [9.17, 15) is 18.0 Å². The van der Waals surface area contributed by atoms with Gasteiger partial charge in [0.15, 0.2) is 0 Å². The first-order valence-corrected chi connectivity index (χ1v) is 10.0. The van der Waals surface area contributed by atoms with Gasteiger partial charge in [0.1, 0.15) is 0 Å². The van der Waals surface area contributed by atoms with Crippen molar-refractivity contribution in [2.75, 3.05) is 49.6 Å². The van der Waals surface area contributed by atoms with Gasteiger partial charge in [0.2, 0.25) is 0 Å². The van der Waals surface area contributed by atoms with Crippen molar-refractivity contribution in [3.8, 4) is 0 Å². The van der Waals surface area contributed by atoms with Crippen LogP contribution in [-0.4, -0.2) is 50.6 Å². The van der Waals surface area contributed by atoms with Gasteiger partial charge in [-0.25, -0.2) is 0 Å². The van der Waals surface area contributed by atoms with E-state index in [-0.39, 0.29) is 5.91 Å². The first-order chi connectivity index (χ1) is 14.3. The van der Waals surface area contributed by atoms with E-state index in [1.165, 1.54) is 12.1 Å². The van der Waals surface area contributed by atoms with Gasteiger partial charge in [-0.05, 0) is 55.4 Å². The van der Waals surface area contributed by atoms with Crippen LogP contribution in [0.2, 0.25) is 0 Å². The van der Waals surface area contributed by atoms with Crippen LogP contribution < -0.4 is 9.80 Å². The van der Waals surface area contributed by atoms with Crippen LogP contribution in [0.3, 0.4) is 0 Å². The lowest BCUT2D eigenvalue weighted by Gasteiger charge is -2.35. The van der Waals surface area contributed by atoms with E-state index in [2.05, 4.69) is 22.9 Å². The van der Waals surface area contributed by atoms with E-state index in [1.807, 2.05) is 24.3 Å². The lowest BCUT2D eigenvalue weighted by molar-refractivity contribution is -0.137. The fourth-order valence-electron chi connectivity index (χ4n) is 3.96. The number of amides is 1. The molecule has 0 spiro atoms. The highest BCUT2D eigenvalue weighted by molar-refractivity contribution is 6.11. The summed E-state index contributed by atoms with van der Waals surface area (Å²) in [6, 6.07) is 12.8. The van der Waals surface area contributed by atoms with Crippen molar-refractivity contribution in [1.29, 1.82) is 0 Å². The number of alkyl halides is 3. The lowest BCUT2D eigenvalue weighted by Crippen LogP contribution is -2.44. The van der Waals surface area contributed by atoms with Gasteiger partial charge < -0.3 is 14.7 Å². The molecule has 2 aliphatic rings. The molecule has 0 bridgehead atoms. The summed E-state index contributed by atoms with van der Waals surface area (Å²) in [5, 5.41) is 0. The molecule has 2 saturated heterocycles. The molecule has 0 atom stereocenters. The van der Waals surface area contributed by atoms with Gasteiger partial charge in [-0.15, -0.1) is 0 Å². The van der Waals surface area contributed by atoms with Crippen LogP contribution in [0.1, 0.15) is 17.5 Å². The van der Waals surface area contributed by atoms with Crippen LogP contribution in [0.5, 0.6) is 0 Å². The van der Waals surface area contributed by atoms with Crippen molar-refractivity contribution in [3.63, 3.8) is 0 Å². The molecule has 2 heterocycles. The topological polar surface area (TPSA) is 26.8 Å².